The summed E-state index contributed by atoms with van der Waals surface area (Å²) in [7, 11) is 0. The summed E-state index contributed by atoms with van der Waals surface area (Å²) in [6, 6.07) is 0. The molecule has 2 aromatic heterocycles. The number of hydrogen-bond donors (Lipinski definition) is 0. The van der Waals surface area contributed by atoms with Gasteiger partial charge >= 0.3 is 9.75 Å². The van der Waals surface area contributed by atoms with Crippen LogP contribution in [-0.4, -0.2) is 44.3 Å². The van der Waals surface area contributed by atoms with Crippen LogP contribution in [0.2, 0.25) is 0 Å². The van der Waals surface area contributed by atoms with Crippen LogP contribution in [-0.2, 0) is 17.8 Å². The standard InChI is InChI=1S/C10H12N4O3S4/c15-9-13-1-3-17-4-2-14-10(16)21-8(12-14)19-6-5-18-7(11-13)20-9/h1-6H2. The fourth-order valence-corrected chi connectivity index (χ4v) is 5.42. The van der Waals surface area contributed by atoms with Crippen molar-refractivity contribution in [2.24, 2.45) is 0 Å². The van der Waals surface area contributed by atoms with Crippen LogP contribution in [0.1, 0.15) is 0 Å². The van der Waals surface area contributed by atoms with Crippen LogP contribution >= 0.6 is 46.2 Å². The number of rotatable bonds is 0. The van der Waals surface area contributed by atoms with Gasteiger partial charge in [0, 0.05) is 11.5 Å². The van der Waals surface area contributed by atoms with E-state index in [0.717, 1.165) is 42.9 Å². The monoisotopic (exact) mass is 364 g/mol. The molecule has 0 aromatic carbocycles. The molecule has 4 bridgehead atoms. The first-order valence-corrected chi connectivity index (χ1v) is 9.82. The highest BCUT2D eigenvalue weighted by Gasteiger charge is 2.10. The summed E-state index contributed by atoms with van der Waals surface area (Å²) in [6.45, 7) is 1.66. The van der Waals surface area contributed by atoms with E-state index in [-0.39, 0.29) is 9.75 Å². The van der Waals surface area contributed by atoms with Crippen molar-refractivity contribution in [3.63, 3.8) is 0 Å². The van der Waals surface area contributed by atoms with Gasteiger partial charge in [-0.15, -0.1) is 0 Å². The second-order valence-corrected chi connectivity index (χ2v) is 8.59. The minimum absolute atomic E-state index is 0.0558. The topological polar surface area (TPSA) is 79.0 Å². The number of nitrogens with zero attached hydrogens (tertiary/aromatic N) is 4. The predicted molar refractivity (Wildman–Crippen MR) is 85.0 cm³/mol. The van der Waals surface area contributed by atoms with Crippen molar-refractivity contribution < 1.29 is 4.74 Å². The Hall–Kier alpha value is -0.620. The van der Waals surface area contributed by atoms with Gasteiger partial charge in [-0.2, -0.15) is 10.2 Å². The van der Waals surface area contributed by atoms with Gasteiger partial charge in [-0.1, -0.05) is 23.5 Å². The van der Waals surface area contributed by atoms with Gasteiger partial charge in [-0.3, -0.25) is 9.59 Å². The van der Waals surface area contributed by atoms with Crippen LogP contribution in [0.15, 0.2) is 18.3 Å². The zero-order valence-corrected chi connectivity index (χ0v) is 14.2. The van der Waals surface area contributed by atoms with Crippen molar-refractivity contribution in [1.82, 2.24) is 19.6 Å². The molecular weight excluding hydrogens is 352 g/mol. The zero-order valence-electron chi connectivity index (χ0n) is 10.9. The highest BCUT2D eigenvalue weighted by molar-refractivity contribution is 8.04. The molecule has 7 nitrogen and oxygen atoms in total. The molecule has 0 unspecified atom stereocenters. The Morgan fingerprint density at radius 2 is 1.33 bits per heavy atom. The maximum atomic E-state index is 11.7. The summed E-state index contributed by atoms with van der Waals surface area (Å²) >= 11 is 5.43. The second-order valence-electron chi connectivity index (χ2n) is 4.02. The lowest BCUT2D eigenvalue weighted by atomic mass is 10.6. The third-order valence-corrected chi connectivity index (χ3v) is 6.83. The van der Waals surface area contributed by atoms with E-state index >= 15 is 0 Å². The SMILES string of the molecule is O=c1sc2nn1CCOCCn1nc(sc1=O)SCCS2. The molecule has 0 atom stereocenters. The first kappa shape index (κ1) is 15.3. The van der Waals surface area contributed by atoms with Crippen LogP contribution in [0.5, 0.6) is 0 Å². The van der Waals surface area contributed by atoms with Crippen LogP contribution in [0.4, 0.5) is 0 Å². The molecule has 0 spiro atoms. The average Bonchev–Trinajstić information content (AvgIpc) is 2.97. The van der Waals surface area contributed by atoms with Gasteiger partial charge in [0.1, 0.15) is 0 Å². The van der Waals surface area contributed by atoms with E-state index in [2.05, 4.69) is 10.2 Å². The van der Waals surface area contributed by atoms with Crippen molar-refractivity contribution in [3.8, 4) is 0 Å². The van der Waals surface area contributed by atoms with Crippen molar-refractivity contribution >= 4 is 46.2 Å². The van der Waals surface area contributed by atoms with Gasteiger partial charge in [-0.05, 0) is 22.7 Å². The molecule has 11 heteroatoms. The zero-order chi connectivity index (χ0) is 14.7. The largest absolute Gasteiger partial charge is 0.378 e. The molecule has 3 rings (SSSR count). The molecular formula is C10H12N4O3S4. The average molecular weight is 364 g/mol. The fourth-order valence-electron chi connectivity index (χ4n) is 1.64. The maximum Gasteiger partial charge on any atom is 0.325 e. The minimum atomic E-state index is -0.0558. The maximum absolute atomic E-state index is 11.7. The van der Waals surface area contributed by atoms with E-state index in [1.165, 1.54) is 9.36 Å². The quantitative estimate of drug-likeness (QED) is 0.685. The Balaban J connectivity index is 1.73. The van der Waals surface area contributed by atoms with Crippen LogP contribution in [0.3, 0.4) is 0 Å². The lowest BCUT2D eigenvalue weighted by Gasteiger charge is -2.03. The van der Waals surface area contributed by atoms with Gasteiger partial charge in [0.25, 0.3) is 0 Å². The molecule has 1 aliphatic rings. The third-order valence-electron chi connectivity index (χ3n) is 2.60. The molecule has 0 N–H and O–H groups in total. The number of thioether (sulfide) groups is 2. The molecule has 3 heterocycles. The molecule has 114 valence electrons. The van der Waals surface area contributed by atoms with Crippen molar-refractivity contribution in [2.45, 2.75) is 21.8 Å². The smallest absolute Gasteiger partial charge is 0.325 e. The summed E-state index contributed by atoms with van der Waals surface area (Å²) in [5.41, 5.74) is 0. The molecule has 0 aliphatic carbocycles. The van der Waals surface area contributed by atoms with Crippen molar-refractivity contribution in [1.29, 1.82) is 0 Å². The summed E-state index contributed by atoms with van der Waals surface area (Å²) in [5, 5.41) is 8.55. The summed E-state index contributed by atoms with van der Waals surface area (Å²) in [4.78, 5) is 23.3. The van der Waals surface area contributed by atoms with Gasteiger partial charge in [0.15, 0.2) is 8.68 Å². The highest BCUT2D eigenvalue weighted by Crippen LogP contribution is 2.23. The van der Waals surface area contributed by atoms with Crippen molar-refractivity contribution in [3.05, 3.63) is 19.3 Å². The molecule has 0 amide bonds. The predicted octanol–water partition coefficient (Wildman–Crippen LogP) is 0.838. The Labute approximate surface area is 136 Å². The number of hydrogen-bond acceptors (Lipinski definition) is 9. The first-order valence-electron chi connectivity index (χ1n) is 6.21. The van der Waals surface area contributed by atoms with E-state index in [0.29, 0.717) is 26.3 Å². The molecule has 1 aliphatic heterocycles. The Morgan fingerprint density at radius 3 is 1.81 bits per heavy atom. The Bertz CT molecular complexity index is 658. The van der Waals surface area contributed by atoms with Gasteiger partial charge in [0.05, 0.1) is 26.3 Å². The summed E-state index contributed by atoms with van der Waals surface area (Å²) in [6.07, 6.45) is 0. The number of aromatic nitrogens is 4. The van der Waals surface area contributed by atoms with Crippen molar-refractivity contribution in [2.75, 3.05) is 24.7 Å². The van der Waals surface area contributed by atoms with E-state index in [1.807, 2.05) is 0 Å². The Morgan fingerprint density at radius 1 is 0.857 bits per heavy atom. The fraction of sp³-hybridized carbons (Fsp3) is 0.600. The van der Waals surface area contributed by atoms with Crippen LogP contribution < -0.4 is 9.75 Å². The number of fused-ring (bicyclic) bond motifs is 4. The summed E-state index contributed by atoms with van der Waals surface area (Å²) in [5.74, 6) is 1.64. The number of ether oxygens (including phenoxy) is 1. The van der Waals surface area contributed by atoms with E-state index in [9.17, 15) is 9.59 Å². The first-order chi connectivity index (χ1) is 10.2. The van der Waals surface area contributed by atoms with Gasteiger partial charge in [0.2, 0.25) is 0 Å². The van der Waals surface area contributed by atoms with Gasteiger partial charge < -0.3 is 4.74 Å². The molecule has 0 saturated heterocycles. The highest BCUT2D eigenvalue weighted by atomic mass is 32.2. The van der Waals surface area contributed by atoms with Crippen LogP contribution in [0, 0.1) is 0 Å². The lowest BCUT2D eigenvalue weighted by Crippen LogP contribution is -2.21. The molecule has 0 saturated carbocycles. The van der Waals surface area contributed by atoms with Crippen LogP contribution in [0.25, 0.3) is 0 Å². The molecule has 2 aromatic rings. The van der Waals surface area contributed by atoms with Gasteiger partial charge in [-0.25, -0.2) is 9.36 Å². The van der Waals surface area contributed by atoms with E-state index in [4.69, 9.17) is 4.74 Å². The molecule has 21 heavy (non-hydrogen) atoms. The Kier molecular flexibility index (Phi) is 5.16. The molecule has 0 radical (unpaired) electrons. The minimum Gasteiger partial charge on any atom is -0.378 e. The lowest BCUT2D eigenvalue weighted by molar-refractivity contribution is 0.112. The second kappa shape index (κ2) is 7.09. The van der Waals surface area contributed by atoms with E-state index < -0.39 is 0 Å². The molecule has 0 fully saturated rings. The van der Waals surface area contributed by atoms with E-state index in [1.54, 1.807) is 23.5 Å². The third kappa shape index (κ3) is 3.97. The normalized spacial score (nSPS) is 17.1. The summed E-state index contributed by atoms with van der Waals surface area (Å²) < 4.78 is 9.87.